The van der Waals surface area contributed by atoms with Gasteiger partial charge in [0, 0.05) is 0 Å². The summed E-state index contributed by atoms with van der Waals surface area (Å²) in [5, 5.41) is 2.84. The van der Waals surface area contributed by atoms with Crippen LogP contribution in [0.15, 0.2) is 18.2 Å². The molecule has 1 amide bonds. The summed E-state index contributed by atoms with van der Waals surface area (Å²) >= 11 is 0. The number of hydrogen-bond acceptors (Lipinski definition) is 3. The minimum Gasteiger partial charge on any atom is -0.496 e. The minimum absolute atomic E-state index is 0.208. The van der Waals surface area contributed by atoms with Gasteiger partial charge in [0.15, 0.2) is 0 Å². The van der Waals surface area contributed by atoms with E-state index in [1.165, 1.54) is 13.2 Å². The smallest absolute Gasteiger partial charge is 0.240 e. The zero-order valence-electron chi connectivity index (χ0n) is 12.6. The maximum absolute atomic E-state index is 14.0. The van der Waals surface area contributed by atoms with Crippen molar-refractivity contribution in [1.29, 1.82) is 0 Å². The molecule has 0 bridgehead atoms. The van der Waals surface area contributed by atoms with Gasteiger partial charge < -0.3 is 15.8 Å². The third-order valence-corrected chi connectivity index (χ3v) is 4.21. The Kier molecular flexibility index (Phi) is 4.83. The van der Waals surface area contributed by atoms with Crippen molar-refractivity contribution < 1.29 is 13.9 Å². The first-order valence-electron chi connectivity index (χ1n) is 7.40. The maximum atomic E-state index is 14.0. The van der Waals surface area contributed by atoms with Crippen molar-refractivity contribution in [1.82, 2.24) is 5.32 Å². The van der Waals surface area contributed by atoms with Crippen molar-refractivity contribution in [3.8, 4) is 5.75 Å². The lowest BCUT2D eigenvalue weighted by atomic mass is 9.81. The van der Waals surface area contributed by atoms with Crippen molar-refractivity contribution >= 4 is 5.91 Å². The zero-order valence-corrected chi connectivity index (χ0v) is 12.6. The molecule has 3 N–H and O–H groups in total. The standard InChI is InChI=1S/C16H23FN2O2/c1-11(14-12(17)7-6-8-13(14)21-2)19-15(20)16(18)9-4-3-5-10-16/h6-8,11H,3-5,9-10,18H2,1-2H3,(H,19,20). The predicted octanol–water partition coefficient (Wildman–Crippen LogP) is 2.67. The van der Waals surface area contributed by atoms with Crippen molar-refractivity contribution in [2.45, 2.75) is 50.6 Å². The van der Waals surface area contributed by atoms with E-state index >= 15 is 0 Å². The van der Waals surface area contributed by atoms with Gasteiger partial charge in [0.05, 0.1) is 24.3 Å². The van der Waals surface area contributed by atoms with Gasteiger partial charge in [-0.05, 0) is 31.9 Å². The highest BCUT2D eigenvalue weighted by Gasteiger charge is 2.36. The number of carbonyl (C=O) groups is 1. The van der Waals surface area contributed by atoms with Gasteiger partial charge in [-0.2, -0.15) is 0 Å². The van der Waals surface area contributed by atoms with Crippen LogP contribution in [-0.4, -0.2) is 18.6 Å². The monoisotopic (exact) mass is 294 g/mol. The van der Waals surface area contributed by atoms with E-state index in [9.17, 15) is 9.18 Å². The van der Waals surface area contributed by atoms with E-state index in [1.54, 1.807) is 19.1 Å². The van der Waals surface area contributed by atoms with Gasteiger partial charge in [-0.3, -0.25) is 4.79 Å². The normalized spacial score (nSPS) is 18.9. The Morgan fingerprint density at radius 3 is 2.67 bits per heavy atom. The van der Waals surface area contributed by atoms with Gasteiger partial charge in [-0.25, -0.2) is 4.39 Å². The molecule has 1 aliphatic carbocycles. The number of nitrogens with one attached hydrogen (secondary N) is 1. The van der Waals surface area contributed by atoms with Crippen molar-refractivity contribution in [3.05, 3.63) is 29.6 Å². The number of carbonyl (C=O) groups excluding carboxylic acids is 1. The summed E-state index contributed by atoms with van der Waals surface area (Å²) in [5.41, 5.74) is 5.73. The molecule has 1 aromatic carbocycles. The molecule has 5 heteroatoms. The molecule has 1 saturated carbocycles. The van der Waals surface area contributed by atoms with E-state index < -0.39 is 17.4 Å². The summed E-state index contributed by atoms with van der Waals surface area (Å²) < 4.78 is 19.2. The summed E-state index contributed by atoms with van der Waals surface area (Å²) in [4.78, 5) is 12.4. The van der Waals surface area contributed by atoms with Crippen LogP contribution in [0.1, 0.15) is 50.6 Å². The first kappa shape index (κ1) is 15.8. The van der Waals surface area contributed by atoms with Crippen LogP contribution in [-0.2, 0) is 4.79 Å². The average molecular weight is 294 g/mol. The van der Waals surface area contributed by atoms with E-state index in [4.69, 9.17) is 10.5 Å². The van der Waals surface area contributed by atoms with Crippen molar-refractivity contribution in [2.24, 2.45) is 5.73 Å². The second-order valence-corrected chi connectivity index (χ2v) is 5.77. The highest BCUT2D eigenvalue weighted by Crippen LogP contribution is 2.30. The van der Waals surface area contributed by atoms with Gasteiger partial charge in [0.2, 0.25) is 5.91 Å². The van der Waals surface area contributed by atoms with Crippen LogP contribution in [0.2, 0.25) is 0 Å². The fourth-order valence-electron chi connectivity index (χ4n) is 2.94. The summed E-state index contributed by atoms with van der Waals surface area (Å²) in [5.74, 6) is -0.172. The van der Waals surface area contributed by atoms with Gasteiger partial charge >= 0.3 is 0 Å². The van der Waals surface area contributed by atoms with Crippen LogP contribution < -0.4 is 15.8 Å². The first-order valence-corrected chi connectivity index (χ1v) is 7.40. The number of benzene rings is 1. The molecule has 1 unspecified atom stereocenters. The molecule has 0 saturated heterocycles. The Morgan fingerprint density at radius 2 is 2.05 bits per heavy atom. The van der Waals surface area contributed by atoms with Crippen LogP contribution >= 0.6 is 0 Å². The van der Waals surface area contributed by atoms with Gasteiger partial charge in [-0.15, -0.1) is 0 Å². The third kappa shape index (κ3) is 3.35. The van der Waals surface area contributed by atoms with Crippen LogP contribution in [0.5, 0.6) is 5.75 Å². The molecule has 21 heavy (non-hydrogen) atoms. The van der Waals surface area contributed by atoms with Crippen LogP contribution in [0.4, 0.5) is 4.39 Å². The Bertz CT molecular complexity index is 513. The lowest BCUT2D eigenvalue weighted by molar-refractivity contribution is -0.128. The maximum Gasteiger partial charge on any atom is 0.240 e. The van der Waals surface area contributed by atoms with Crippen LogP contribution in [0.25, 0.3) is 0 Å². The zero-order chi connectivity index (χ0) is 15.5. The molecule has 0 spiro atoms. The van der Waals surface area contributed by atoms with E-state index in [1.807, 2.05) is 0 Å². The number of ether oxygens (including phenoxy) is 1. The molecular formula is C16H23FN2O2. The Labute approximate surface area is 124 Å². The Hall–Kier alpha value is -1.62. The minimum atomic E-state index is -0.828. The number of amides is 1. The molecule has 1 aromatic rings. The van der Waals surface area contributed by atoms with Gasteiger partial charge in [0.25, 0.3) is 0 Å². The molecular weight excluding hydrogens is 271 g/mol. The van der Waals surface area contributed by atoms with E-state index in [0.717, 1.165) is 19.3 Å². The van der Waals surface area contributed by atoms with Crippen molar-refractivity contribution in [3.63, 3.8) is 0 Å². The number of rotatable bonds is 4. The van der Waals surface area contributed by atoms with Gasteiger partial charge in [-0.1, -0.05) is 25.3 Å². The van der Waals surface area contributed by atoms with E-state index in [2.05, 4.69) is 5.32 Å². The number of hydrogen-bond donors (Lipinski definition) is 2. The quantitative estimate of drug-likeness (QED) is 0.897. The molecule has 0 aromatic heterocycles. The number of halogens is 1. The van der Waals surface area contributed by atoms with Crippen LogP contribution in [0.3, 0.4) is 0 Å². The Balaban J connectivity index is 2.14. The summed E-state index contributed by atoms with van der Waals surface area (Å²) in [6.07, 6.45) is 4.39. The number of nitrogens with two attached hydrogens (primary N) is 1. The number of methoxy groups -OCH3 is 1. The lowest BCUT2D eigenvalue weighted by Gasteiger charge is -2.33. The molecule has 1 fully saturated rings. The first-order chi connectivity index (χ1) is 9.98. The summed E-state index contributed by atoms with van der Waals surface area (Å²) in [7, 11) is 1.48. The molecule has 116 valence electrons. The third-order valence-electron chi connectivity index (χ3n) is 4.21. The molecule has 1 aliphatic rings. The summed E-state index contributed by atoms with van der Waals surface area (Å²) in [6.45, 7) is 1.74. The second kappa shape index (κ2) is 6.43. The lowest BCUT2D eigenvalue weighted by Crippen LogP contribution is -2.55. The van der Waals surface area contributed by atoms with Crippen molar-refractivity contribution in [2.75, 3.05) is 7.11 Å². The van der Waals surface area contributed by atoms with E-state index in [-0.39, 0.29) is 5.91 Å². The van der Waals surface area contributed by atoms with Crippen LogP contribution in [0, 0.1) is 5.82 Å². The SMILES string of the molecule is COc1cccc(F)c1C(C)NC(=O)C1(N)CCCCC1. The van der Waals surface area contributed by atoms with E-state index in [0.29, 0.717) is 24.2 Å². The van der Waals surface area contributed by atoms with Gasteiger partial charge in [0.1, 0.15) is 11.6 Å². The highest BCUT2D eigenvalue weighted by molar-refractivity contribution is 5.86. The second-order valence-electron chi connectivity index (χ2n) is 5.77. The summed E-state index contributed by atoms with van der Waals surface area (Å²) in [6, 6.07) is 4.13. The topological polar surface area (TPSA) is 64.3 Å². The fourth-order valence-corrected chi connectivity index (χ4v) is 2.94. The highest BCUT2D eigenvalue weighted by atomic mass is 19.1. The largest absolute Gasteiger partial charge is 0.496 e. The fraction of sp³-hybridized carbons (Fsp3) is 0.562. The molecule has 1 atom stereocenters. The molecule has 2 rings (SSSR count). The average Bonchev–Trinajstić information content (AvgIpc) is 2.47. The molecule has 4 nitrogen and oxygen atoms in total. The Morgan fingerprint density at radius 1 is 1.38 bits per heavy atom. The molecule has 0 heterocycles. The molecule has 0 radical (unpaired) electrons. The molecule has 0 aliphatic heterocycles. The predicted molar refractivity (Wildman–Crippen MR) is 79.5 cm³/mol.